The Labute approximate surface area is 126 Å². The summed E-state index contributed by atoms with van der Waals surface area (Å²) in [5, 5.41) is 11.9. The summed E-state index contributed by atoms with van der Waals surface area (Å²) >= 11 is 7.59. The van der Waals surface area contributed by atoms with Crippen LogP contribution in [0.25, 0.3) is 0 Å². The van der Waals surface area contributed by atoms with Gasteiger partial charge in [0, 0.05) is 10.6 Å². The minimum atomic E-state index is -0.268. The van der Waals surface area contributed by atoms with E-state index >= 15 is 0 Å². The number of nitrogens with one attached hydrogen (secondary N) is 1. The van der Waals surface area contributed by atoms with Gasteiger partial charge in [0.1, 0.15) is 0 Å². The van der Waals surface area contributed by atoms with Crippen molar-refractivity contribution in [3.63, 3.8) is 0 Å². The minimum Gasteiger partial charge on any atom is -0.322 e. The molecule has 0 saturated carbocycles. The first-order chi connectivity index (χ1) is 9.63. The summed E-state index contributed by atoms with van der Waals surface area (Å²) in [4.78, 5) is 13.2. The quantitative estimate of drug-likeness (QED) is 0.865. The molecule has 0 radical (unpaired) electrons. The summed E-state index contributed by atoms with van der Waals surface area (Å²) in [7, 11) is 0. The second kappa shape index (κ2) is 6.47. The van der Waals surface area contributed by atoms with Crippen molar-refractivity contribution in [3.05, 3.63) is 58.6 Å². The van der Waals surface area contributed by atoms with Crippen LogP contribution >= 0.6 is 23.4 Å². The van der Waals surface area contributed by atoms with Crippen LogP contribution in [0, 0.1) is 11.3 Å². The van der Waals surface area contributed by atoms with Crippen LogP contribution in [0.1, 0.15) is 15.9 Å². The number of carbonyl (C=O) groups excluding carboxylic acids is 1. The molecule has 0 atom stereocenters. The lowest BCUT2D eigenvalue weighted by Crippen LogP contribution is -2.12. The number of carbonyl (C=O) groups is 1. The van der Waals surface area contributed by atoms with E-state index in [1.807, 2.05) is 18.4 Å². The Morgan fingerprint density at radius 1 is 1.25 bits per heavy atom. The zero-order chi connectivity index (χ0) is 14.5. The monoisotopic (exact) mass is 302 g/mol. The van der Waals surface area contributed by atoms with Gasteiger partial charge in [0.15, 0.2) is 0 Å². The van der Waals surface area contributed by atoms with Crippen LogP contribution in [0.4, 0.5) is 5.69 Å². The SMILES string of the molecule is CSc1ccc(Cl)c(C(=O)Nc2ccc(C#N)cc2)c1. The van der Waals surface area contributed by atoms with E-state index in [1.54, 1.807) is 48.2 Å². The van der Waals surface area contributed by atoms with Gasteiger partial charge in [-0.2, -0.15) is 5.26 Å². The Morgan fingerprint density at radius 2 is 1.95 bits per heavy atom. The topological polar surface area (TPSA) is 52.9 Å². The van der Waals surface area contributed by atoms with E-state index in [0.717, 1.165) is 4.90 Å². The largest absolute Gasteiger partial charge is 0.322 e. The summed E-state index contributed by atoms with van der Waals surface area (Å²) in [6.45, 7) is 0. The number of thioether (sulfide) groups is 1. The smallest absolute Gasteiger partial charge is 0.257 e. The third-order valence-corrected chi connectivity index (χ3v) is 3.74. The maximum atomic E-state index is 12.2. The van der Waals surface area contributed by atoms with E-state index in [0.29, 0.717) is 21.8 Å². The third kappa shape index (κ3) is 3.32. The van der Waals surface area contributed by atoms with Crippen molar-refractivity contribution in [2.75, 3.05) is 11.6 Å². The lowest BCUT2D eigenvalue weighted by Gasteiger charge is -2.08. The van der Waals surface area contributed by atoms with Crippen molar-refractivity contribution < 1.29 is 4.79 Å². The molecule has 0 aliphatic carbocycles. The fourth-order valence-corrected chi connectivity index (χ4v) is 2.28. The van der Waals surface area contributed by atoms with Crippen molar-refractivity contribution in [1.29, 1.82) is 5.26 Å². The van der Waals surface area contributed by atoms with Gasteiger partial charge in [-0.15, -0.1) is 11.8 Å². The predicted molar refractivity (Wildman–Crippen MR) is 82.3 cm³/mol. The Kier molecular flexibility index (Phi) is 4.67. The molecule has 100 valence electrons. The molecule has 0 bridgehead atoms. The van der Waals surface area contributed by atoms with Crippen LogP contribution in [0.15, 0.2) is 47.4 Å². The fourth-order valence-electron chi connectivity index (χ4n) is 1.63. The lowest BCUT2D eigenvalue weighted by atomic mass is 10.2. The molecule has 0 aliphatic rings. The molecule has 1 N–H and O–H groups in total. The molecule has 0 fully saturated rings. The number of halogens is 1. The first-order valence-corrected chi connectivity index (χ1v) is 7.39. The highest BCUT2D eigenvalue weighted by molar-refractivity contribution is 7.98. The Balaban J connectivity index is 2.21. The molecule has 20 heavy (non-hydrogen) atoms. The fraction of sp³-hybridized carbons (Fsp3) is 0.0667. The highest BCUT2D eigenvalue weighted by atomic mass is 35.5. The number of anilines is 1. The second-order valence-electron chi connectivity index (χ2n) is 3.99. The molecule has 0 aliphatic heterocycles. The zero-order valence-corrected chi connectivity index (χ0v) is 12.3. The number of rotatable bonds is 3. The molecule has 0 heterocycles. The standard InChI is InChI=1S/C15H11ClN2OS/c1-20-12-6-7-14(16)13(8-12)15(19)18-11-4-2-10(9-17)3-5-11/h2-8H,1H3,(H,18,19). The van der Waals surface area contributed by atoms with Crippen molar-refractivity contribution >= 4 is 35.0 Å². The van der Waals surface area contributed by atoms with Gasteiger partial charge < -0.3 is 5.32 Å². The van der Waals surface area contributed by atoms with E-state index in [4.69, 9.17) is 16.9 Å². The van der Waals surface area contributed by atoms with Gasteiger partial charge >= 0.3 is 0 Å². The highest BCUT2D eigenvalue weighted by Crippen LogP contribution is 2.24. The van der Waals surface area contributed by atoms with Crippen LogP contribution in [0.5, 0.6) is 0 Å². The molecule has 0 spiro atoms. The highest BCUT2D eigenvalue weighted by Gasteiger charge is 2.11. The molecule has 0 unspecified atom stereocenters. The van der Waals surface area contributed by atoms with E-state index in [9.17, 15) is 4.79 Å². The summed E-state index contributed by atoms with van der Waals surface area (Å²) in [5.41, 5.74) is 1.60. The first-order valence-electron chi connectivity index (χ1n) is 5.79. The maximum absolute atomic E-state index is 12.2. The van der Waals surface area contributed by atoms with Crippen LogP contribution in [0.2, 0.25) is 5.02 Å². The van der Waals surface area contributed by atoms with Gasteiger partial charge in [0.2, 0.25) is 0 Å². The van der Waals surface area contributed by atoms with Gasteiger partial charge in [0.05, 0.1) is 22.2 Å². The van der Waals surface area contributed by atoms with Crippen LogP contribution in [-0.2, 0) is 0 Å². The van der Waals surface area contributed by atoms with Crippen molar-refractivity contribution in [2.24, 2.45) is 0 Å². The Bertz CT molecular complexity index is 677. The van der Waals surface area contributed by atoms with E-state index in [1.165, 1.54) is 0 Å². The Morgan fingerprint density at radius 3 is 2.55 bits per heavy atom. The van der Waals surface area contributed by atoms with Crippen LogP contribution < -0.4 is 5.32 Å². The molecule has 1 amide bonds. The molecule has 2 rings (SSSR count). The van der Waals surface area contributed by atoms with Gasteiger partial charge in [-0.25, -0.2) is 0 Å². The van der Waals surface area contributed by atoms with Gasteiger partial charge in [-0.3, -0.25) is 4.79 Å². The predicted octanol–water partition coefficient (Wildman–Crippen LogP) is 4.19. The Hall–Kier alpha value is -1.96. The zero-order valence-electron chi connectivity index (χ0n) is 10.7. The normalized spacial score (nSPS) is 9.85. The molecule has 2 aromatic rings. The number of nitrogens with zero attached hydrogens (tertiary/aromatic N) is 1. The molecule has 5 heteroatoms. The summed E-state index contributed by atoms with van der Waals surface area (Å²) in [6, 6.07) is 14.0. The summed E-state index contributed by atoms with van der Waals surface area (Å²) in [6.07, 6.45) is 1.94. The molecular formula is C15H11ClN2OS. The second-order valence-corrected chi connectivity index (χ2v) is 5.28. The molecular weight excluding hydrogens is 292 g/mol. The first kappa shape index (κ1) is 14.4. The number of hydrogen-bond donors (Lipinski definition) is 1. The van der Waals surface area contributed by atoms with Gasteiger partial charge in [-0.05, 0) is 48.7 Å². The molecule has 0 aromatic heterocycles. The van der Waals surface area contributed by atoms with Crippen LogP contribution in [-0.4, -0.2) is 12.2 Å². The van der Waals surface area contributed by atoms with E-state index < -0.39 is 0 Å². The van der Waals surface area contributed by atoms with Crippen molar-refractivity contribution in [1.82, 2.24) is 0 Å². The average Bonchev–Trinajstić information content (AvgIpc) is 2.48. The third-order valence-electron chi connectivity index (χ3n) is 2.69. The van der Waals surface area contributed by atoms with Gasteiger partial charge in [0.25, 0.3) is 5.91 Å². The molecule has 2 aromatic carbocycles. The molecule has 3 nitrogen and oxygen atoms in total. The number of hydrogen-bond acceptors (Lipinski definition) is 3. The van der Waals surface area contributed by atoms with Crippen LogP contribution in [0.3, 0.4) is 0 Å². The minimum absolute atomic E-state index is 0.268. The number of amides is 1. The summed E-state index contributed by atoms with van der Waals surface area (Å²) in [5.74, 6) is -0.268. The maximum Gasteiger partial charge on any atom is 0.257 e. The van der Waals surface area contributed by atoms with E-state index in [-0.39, 0.29) is 5.91 Å². The number of benzene rings is 2. The summed E-state index contributed by atoms with van der Waals surface area (Å²) < 4.78 is 0. The van der Waals surface area contributed by atoms with Crippen molar-refractivity contribution in [2.45, 2.75) is 4.90 Å². The average molecular weight is 303 g/mol. The van der Waals surface area contributed by atoms with Crippen molar-refractivity contribution in [3.8, 4) is 6.07 Å². The van der Waals surface area contributed by atoms with E-state index in [2.05, 4.69) is 5.32 Å². The lowest BCUT2D eigenvalue weighted by molar-refractivity contribution is 0.102. The number of nitriles is 1. The molecule has 0 saturated heterocycles. The van der Waals surface area contributed by atoms with Gasteiger partial charge in [-0.1, -0.05) is 11.6 Å².